The lowest BCUT2D eigenvalue weighted by Gasteiger charge is -2.33. The topological polar surface area (TPSA) is 41.0 Å². The van der Waals surface area contributed by atoms with Crippen molar-refractivity contribution < 1.29 is 13.2 Å². The van der Waals surface area contributed by atoms with Gasteiger partial charge in [0.15, 0.2) is 10.8 Å². The third-order valence-corrected chi connectivity index (χ3v) is 4.78. The first-order valence-corrected chi connectivity index (χ1v) is 8.32. The molecule has 0 amide bonds. The lowest BCUT2D eigenvalue weighted by molar-refractivity contribution is -0.140. The maximum Gasteiger partial charge on any atom is 0.434 e. The second-order valence-corrected chi connectivity index (χ2v) is 6.41. The van der Waals surface area contributed by atoms with Crippen LogP contribution in [-0.4, -0.2) is 29.6 Å². The van der Waals surface area contributed by atoms with Gasteiger partial charge in [-0.3, -0.25) is 4.98 Å². The SMILES string of the molecule is FC(F)(F)c1csc(NCC2CCN(c3ccncc3)CC2)n1. The van der Waals surface area contributed by atoms with Crippen LogP contribution in [0.25, 0.3) is 0 Å². The number of hydrogen-bond acceptors (Lipinski definition) is 5. The summed E-state index contributed by atoms with van der Waals surface area (Å²) in [7, 11) is 0. The fraction of sp³-hybridized carbons (Fsp3) is 0.467. The number of hydrogen-bond donors (Lipinski definition) is 1. The van der Waals surface area contributed by atoms with E-state index in [1.165, 1.54) is 5.69 Å². The first-order valence-electron chi connectivity index (χ1n) is 7.44. The molecule has 0 bridgehead atoms. The predicted octanol–water partition coefficient (Wildman–Crippen LogP) is 3.89. The zero-order valence-electron chi connectivity index (χ0n) is 12.4. The molecule has 23 heavy (non-hydrogen) atoms. The summed E-state index contributed by atoms with van der Waals surface area (Å²) in [6.07, 6.45) is 1.21. The summed E-state index contributed by atoms with van der Waals surface area (Å²) in [6, 6.07) is 3.99. The van der Waals surface area contributed by atoms with Crippen molar-refractivity contribution in [1.29, 1.82) is 0 Å². The monoisotopic (exact) mass is 342 g/mol. The van der Waals surface area contributed by atoms with Crippen molar-refractivity contribution in [3.63, 3.8) is 0 Å². The summed E-state index contributed by atoms with van der Waals surface area (Å²) < 4.78 is 37.5. The molecule has 1 saturated heterocycles. The Morgan fingerprint density at radius 3 is 2.52 bits per heavy atom. The minimum atomic E-state index is -4.37. The van der Waals surface area contributed by atoms with Gasteiger partial charge in [-0.05, 0) is 30.9 Å². The number of piperidine rings is 1. The van der Waals surface area contributed by atoms with Gasteiger partial charge in [0.1, 0.15) is 0 Å². The highest BCUT2D eigenvalue weighted by atomic mass is 32.1. The molecule has 1 aliphatic rings. The largest absolute Gasteiger partial charge is 0.434 e. The van der Waals surface area contributed by atoms with Crippen molar-refractivity contribution >= 4 is 22.2 Å². The fourth-order valence-electron chi connectivity index (χ4n) is 2.67. The first kappa shape index (κ1) is 16.0. The van der Waals surface area contributed by atoms with Gasteiger partial charge in [0, 0.05) is 43.1 Å². The molecule has 0 unspecified atom stereocenters. The third kappa shape index (κ3) is 4.13. The number of aromatic nitrogens is 2. The van der Waals surface area contributed by atoms with Crippen LogP contribution in [0, 0.1) is 5.92 Å². The van der Waals surface area contributed by atoms with Gasteiger partial charge in [-0.1, -0.05) is 0 Å². The fourth-order valence-corrected chi connectivity index (χ4v) is 3.39. The molecule has 0 spiro atoms. The molecule has 2 aromatic heterocycles. The van der Waals surface area contributed by atoms with Crippen LogP contribution in [0.5, 0.6) is 0 Å². The highest BCUT2D eigenvalue weighted by molar-refractivity contribution is 7.13. The van der Waals surface area contributed by atoms with E-state index >= 15 is 0 Å². The second-order valence-electron chi connectivity index (χ2n) is 5.55. The van der Waals surface area contributed by atoms with E-state index in [-0.39, 0.29) is 0 Å². The molecule has 3 rings (SSSR count). The maximum absolute atomic E-state index is 12.5. The van der Waals surface area contributed by atoms with Crippen LogP contribution in [0.15, 0.2) is 29.9 Å². The van der Waals surface area contributed by atoms with Crippen molar-refractivity contribution in [1.82, 2.24) is 9.97 Å². The van der Waals surface area contributed by atoms with Gasteiger partial charge in [0.2, 0.25) is 0 Å². The van der Waals surface area contributed by atoms with E-state index in [0.29, 0.717) is 17.6 Å². The Balaban J connectivity index is 1.47. The van der Waals surface area contributed by atoms with E-state index in [2.05, 4.69) is 20.2 Å². The lowest BCUT2D eigenvalue weighted by atomic mass is 9.96. The van der Waals surface area contributed by atoms with Gasteiger partial charge >= 0.3 is 6.18 Å². The third-order valence-electron chi connectivity index (χ3n) is 3.98. The van der Waals surface area contributed by atoms with Gasteiger partial charge in [0.25, 0.3) is 0 Å². The molecule has 0 aromatic carbocycles. The highest BCUT2D eigenvalue weighted by Gasteiger charge is 2.33. The van der Waals surface area contributed by atoms with Crippen LogP contribution in [0.4, 0.5) is 24.0 Å². The highest BCUT2D eigenvalue weighted by Crippen LogP contribution is 2.32. The number of pyridine rings is 1. The van der Waals surface area contributed by atoms with Crippen molar-refractivity contribution in [3.8, 4) is 0 Å². The predicted molar refractivity (Wildman–Crippen MR) is 84.8 cm³/mol. The van der Waals surface area contributed by atoms with E-state index < -0.39 is 11.9 Å². The zero-order valence-corrected chi connectivity index (χ0v) is 13.2. The summed E-state index contributed by atoms with van der Waals surface area (Å²) in [5.74, 6) is 0.450. The van der Waals surface area contributed by atoms with E-state index in [9.17, 15) is 13.2 Å². The molecule has 4 nitrogen and oxygen atoms in total. The molecule has 8 heteroatoms. The summed E-state index contributed by atoms with van der Waals surface area (Å²) >= 11 is 1.00. The number of halogens is 3. The van der Waals surface area contributed by atoms with Gasteiger partial charge in [-0.25, -0.2) is 4.98 Å². The molecule has 1 fully saturated rings. The molecule has 0 saturated carbocycles. The maximum atomic E-state index is 12.5. The van der Waals surface area contributed by atoms with E-state index in [0.717, 1.165) is 42.6 Å². The quantitative estimate of drug-likeness (QED) is 0.915. The average Bonchev–Trinajstić information content (AvgIpc) is 3.04. The number of nitrogens with zero attached hydrogens (tertiary/aromatic N) is 3. The minimum absolute atomic E-state index is 0.342. The van der Waals surface area contributed by atoms with Crippen LogP contribution in [0.2, 0.25) is 0 Å². The second kappa shape index (κ2) is 6.74. The van der Waals surface area contributed by atoms with Gasteiger partial charge in [-0.2, -0.15) is 13.2 Å². The molecule has 0 atom stereocenters. The molecule has 2 aromatic rings. The number of rotatable bonds is 4. The van der Waals surface area contributed by atoms with Crippen molar-refractivity contribution in [2.24, 2.45) is 5.92 Å². The van der Waals surface area contributed by atoms with Gasteiger partial charge < -0.3 is 10.2 Å². The molecule has 124 valence electrons. The van der Waals surface area contributed by atoms with Crippen LogP contribution < -0.4 is 10.2 Å². The molecule has 3 heterocycles. The molecular weight excluding hydrogens is 325 g/mol. The Kier molecular flexibility index (Phi) is 4.70. The molecule has 0 radical (unpaired) electrons. The molecule has 1 N–H and O–H groups in total. The van der Waals surface area contributed by atoms with Gasteiger partial charge in [0.05, 0.1) is 0 Å². The van der Waals surface area contributed by atoms with E-state index in [1.54, 1.807) is 12.4 Å². The summed E-state index contributed by atoms with van der Waals surface area (Å²) in [5, 5.41) is 4.43. The van der Waals surface area contributed by atoms with E-state index in [4.69, 9.17) is 0 Å². The Morgan fingerprint density at radius 2 is 1.91 bits per heavy atom. The number of anilines is 2. The van der Waals surface area contributed by atoms with Gasteiger partial charge in [-0.15, -0.1) is 11.3 Å². The van der Waals surface area contributed by atoms with Crippen molar-refractivity contribution in [3.05, 3.63) is 35.6 Å². The van der Waals surface area contributed by atoms with Crippen LogP contribution >= 0.6 is 11.3 Å². The number of nitrogens with one attached hydrogen (secondary N) is 1. The normalized spacial score (nSPS) is 16.6. The molecular formula is C15H17F3N4S. The van der Waals surface area contributed by atoms with Crippen LogP contribution in [0.1, 0.15) is 18.5 Å². The standard InChI is InChI=1S/C15H17F3N4S/c16-15(17,18)13-10-23-14(21-13)20-9-11-3-7-22(8-4-11)12-1-5-19-6-2-12/h1-2,5-6,10-11H,3-4,7-9H2,(H,20,21). The smallest absolute Gasteiger partial charge is 0.371 e. The Bertz CT molecular complexity index is 621. The zero-order chi connectivity index (χ0) is 16.3. The Hall–Kier alpha value is -1.83. The van der Waals surface area contributed by atoms with Crippen molar-refractivity contribution in [2.45, 2.75) is 19.0 Å². The number of thiazole rings is 1. The van der Waals surface area contributed by atoms with Crippen LogP contribution in [-0.2, 0) is 6.18 Å². The number of alkyl halides is 3. The Labute approximate surface area is 136 Å². The van der Waals surface area contributed by atoms with Crippen LogP contribution in [0.3, 0.4) is 0 Å². The minimum Gasteiger partial charge on any atom is -0.371 e. The first-order chi connectivity index (χ1) is 11.0. The summed E-state index contributed by atoms with van der Waals surface area (Å²) in [5.41, 5.74) is 0.346. The summed E-state index contributed by atoms with van der Waals surface area (Å²) in [4.78, 5) is 9.92. The van der Waals surface area contributed by atoms with E-state index in [1.807, 2.05) is 12.1 Å². The van der Waals surface area contributed by atoms with Crippen molar-refractivity contribution in [2.75, 3.05) is 29.9 Å². The molecule has 0 aliphatic carbocycles. The average molecular weight is 342 g/mol. The Morgan fingerprint density at radius 1 is 1.22 bits per heavy atom. The summed E-state index contributed by atoms with van der Waals surface area (Å²) in [6.45, 7) is 2.55. The molecule has 1 aliphatic heterocycles. The lowest BCUT2D eigenvalue weighted by Crippen LogP contribution is -2.35.